The second kappa shape index (κ2) is 10.7. The van der Waals surface area contributed by atoms with Crippen LogP contribution >= 0.6 is 0 Å². The van der Waals surface area contributed by atoms with Gasteiger partial charge in [0.1, 0.15) is 11.6 Å². The first kappa shape index (κ1) is 24.1. The Hall–Kier alpha value is -3.20. The van der Waals surface area contributed by atoms with Crippen molar-refractivity contribution in [3.05, 3.63) is 54.1 Å². The van der Waals surface area contributed by atoms with Gasteiger partial charge in [0.2, 0.25) is 5.91 Å². The predicted octanol–water partition coefficient (Wildman–Crippen LogP) is 1.96. The van der Waals surface area contributed by atoms with Gasteiger partial charge in [-0.15, -0.1) is 0 Å². The van der Waals surface area contributed by atoms with Gasteiger partial charge >= 0.3 is 11.9 Å². The number of carboxylic acids is 1. The van der Waals surface area contributed by atoms with Crippen LogP contribution in [0, 0.1) is 5.92 Å². The Morgan fingerprint density at radius 1 is 1.23 bits per heavy atom. The van der Waals surface area contributed by atoms with E-state index in [9.17, 15) is 19.5 Å². The van der Waals surface area contributed by atoms with Crippen molar-refractivity contribution in [1.82, 2.24) is 15.3 Å². The van der Waals surface area contributed by atoms with Gasteiger partial charge in [0.15, 0.2) is 5.92 Å². The fourth-order valence-corrected chi connectivity index (χ4v) is 3.09. The summed E-state index contributed by atoms with van der Waals surface area (Å²) in [5, 5.41) is 12.0. The van der Waals surface area contributed by atoms with Crippen LogP contribution in [0.3, 0.4) is 0 Å². The summed E-state index contributed by atoms with van der Waals surface area (Å²) in [6.07, 6.45) is 4.47. The molecule has 0 radical (unpaired) electrons. The highest BCUT2D eigenvalue weighted by molar-refractivity contribution is 6.00. The molecule has 9 nitrogen and oxygen atoms in total. The molecule has 1 aromatic heterocycles. The van der Waals surface area contributed by atoms with E-state index < -0.39 is 41.4 Å². The fourth-order valence-electron chi connectivity index (χ4n) is 3.09. The molecule has 0 aliphatic heterocycles. The van der Waals surface area contributed by atoms with Gasteiger partial charge < -0.3 is 25.9 Å². The van der Waals surface area contributed by atoms with Crippen molar-refractivity contribution in [1.29, 1.82) is 0 Å². The Labute approximate surface area is 181 Å². The molecule has 0 aliphatic carbocycles. The van der Waals surface area contributed by atoms with Crippen LogP contribution in [0.15, 0.2) is 42.9 Å². The number of H-pyrrole nitrogens is 1. The molecule has 168 valence electrons. The number of benzene rings is 1. The molecule has 3 atom stereocenters. The first-order chi connectivity index (χ1) is 14.6. The van der Waals surface area contributed by atoms with Crippen LogP contribution in [-0.4, -0.2) is 44.6 Å². The standard InChI is InChI=1S/C22H30N4O5/c1-22(2,3)31-21(30)17(18(23)14-8-5-4-6-9-14)19(27)26-16(20(28)29)11-7-10-15-12-24-13-25-15/h4-6,8-9,12-13,16-18H,7,10-11,23H2,1-3H3,(H,24,25)(H,26,27)(H,28,29)/t16-,17+,18-/m0/s1. The summed E-state index contributed by atoms with van der Waals surface area (Å²) in [5.74, 6) is -4.16. The number of aromatic nitrogens is 2. The number of carboxylic acid groups (broad SMARTS) is 1. The van der Waals surface area contributed by atoms with Crippen molar-refractivity contribution >= 4 is 17.8 Å². The molecule has 1 heterocycles. The number of aliphatic carboxylic acids is 1. The molecule has 5 N–H and O–H groups in total. The van der Waals surface area contributed by atoms with Crippen molar-refractivity contribution in [3.63, 3.8) is 0 Å². The summed E-state index contributed by atoms with van der Waals surface area (Å²) in [5.41, 5.74) is 6.86. The number of nitrogens with one attached hydrogen (secondary N) is 2. The fraction of sp³-hybridized carbons (Fsp3) is 0.455. The number of aromatic amines is 1. The summed E-state index contributed by atoms with van der Waals surface area (Å²) in [6, 6.07) is 6.53. The molecule has 2 rings (SSSR count). The van der Waals surface area contributed by atoms with Gasteiger partial charge in [0, 0.05) is 11.9 Å². The van der Waals surface area contributed by atoms with Crippen LogP contribution in [-0.2, 0) is 25.5 Å². The smallest absolute Gasteiger partial charge is 0.326 e. The Morgan fingerprint density at radius 3 is 2.45 bits per heavy atom. The summed E-state index contributed by atoms with van der Waals surface area (Å²) >= 11 is 0. The second-order valence-electron chi connectivity index (χ2n) is 8.32. The maximum atomic E-state index is 13.0. The Bertz CT molecular complexity index is 862. The maximum absolute atomic E-state index is 13.0. The summed E-state index contributed by atoms with van der Waals surface area (Å²) in [4.78, 5) is 44.4. The van der Waals surface area contributed by atoms with Crippen LogP contribution in [0.1, 0.15) is 50.9 Å². The van der Waals surface area contributed by atoms with E-state index in [0.29, 0.717) is 18.4 Å². The van der Waals surface area contributed by atoms with Gasteiger partial charge in [-0.2, -0.15) is 0 Å². The topological polar surface area (TPSA) is 147 Å². The zero-order valence-corrected chi connectivity index (χ0v) is 18.0. The highest BCUT2D eigenvalue weighted by Gasteiger charge is 2.38. The molecular formula is C22H30N4O5. The number of nitrogens with two attached hydrogens (primary N) is 1. The molecule has 9 heteroatoms. The van der Waals surface area contributed by atoms with Crippen LogP contribution in [0.4, 0.5) is 0 Å². The quantitative estimate of drug-likeness (QED) is 0.333. The van der Waals surface area contributed by atoms with E-state index in [2.05, 4.69) is 15.3 Å². The van der Waals surface area contributed by atoms with Gasteiger partial charge in [0.25, 0.3) is 0 Å². The van der Waals surface area contributed by atoms with Gasteiger partial charge in [-0.05, 0) is 45.6 Å². The second-order valence-corrected chi connectivity index (χ2v) is 8.32. The number of carbonyl (C=O) groups is 3. The number of esters is 1. The molecule has 2 aromatic rings. The monoisotopic (exact) mass is 430 g/mol. The SMILES string of the molecule is CC(C)(C)OC(=O)[C@@H](C(=O)N[C@@H](CCCc1cnc[nH]1)C(=O)O)[C@@H](N)c1ccccc1. The molecule has 0 aliphatic rings. The van der Waals surface area contributed by atoms with Crippen LogP contribution in [0.5, 0.6) is 0 Å². The number of hydrogen-bond donors (Lipinski definition) is 4. The summed E-state index contributed by atoms with van der Waals surface area (Å²) in [6.45, 7) is 5.05. The summed E-state index contributed by atoms with van der Waals surface area (Å²) in [7, 11) is 0. The lowest BCUT2D eigenvalue weighted by Crippen LogP contribution is -2.49. The van der Waals surface area contributed by atoms with Crippen molar-refractivity contribution in [2.45, 2.75) is 57.7 Å². The van der Waals surface area contributed by atoms with Crippen molar-refractivity contribution in [3.8, 4) is 0 Å². The third-order valence-corrected chi connectivity index (χ3v) is 4.60. The average molecular weight is 431 g/mol. The molecule has 0 bridgehead atoms. The number of rotatable bonds is 10. The van der Waals surface area contributed by atoms with E-state index in [-0.39, 0.29) is 6.42 Å². The minimum absolute atomic E-state index is 0.182. The normalized spacial score (nSPS) is 14.3. The lowest BCUT2D eigenvalue weighted by atomic mass is 9.92. The number of carbonyl (C=O) groups excluding carboxylic acids is 2. The van der Waals surface area contributed by atoms with Crippen molar-refractivity contribution in [2.24, 2.45) is 11.7 Å². The molecule has 31 heavy (non-hydrogen) atoms. The third-order valence-electron chi connectivity index (χ3n) is 4.60. The molecule has 0 saturated heterocycles. The zero-order valence-electron chi connectivity index (χ0n) is 18.0. The third kappa shape index (κ3) is 7.53. The summed E-state index contributed by atoms with van der Waals surface area (Å²) < 4.78 is 5.40. The minimum Gasteiger partial charge on any atom is -0.480 e. The number of hydrogen-bond acceptors (Lipinski definition) is 6. The largest absolute Gasteiger partial charge is 0.480 e. The average Bonchev–Trinajstić information content (AvgIpc) is 3.20. The molecule has 0 unspecified atom stereocenters. The molecule has 0 saturated carbocycles. The van der Waals surface area contributed by atoms with Crippen molar-refractivity contribution < 1.29 is 24.2 Å². The van der Waals surface area contributed by atoms with Gasteiger partial charge in [-0.25, -0.2) is 9.78 Å². The lowest BCUT2D eigenvalue weighted by Gasteiger charge is -2.28. The lowest BCUT2D eigenvalue weighted by molar-refractivity contribution is -0.164. The van der Waals surface area contributed by atoms with Crippen LogP contribution in [0.25, 0.3) is 0 Å². The van der Waals surface area contributed by atoms with Gasteiger partial charge in [-0.3, -0.25) is 9.59 Å². The highest BCUT2D eigenvalue weighted by Crippen LogP contribution is 2.24. The van der Waals surface area contributed by atoms with E-state index in [4.69, 9.17) is 10.5 Å². The predicted molar refractivity (Wildman–Crippen MR) is 114 cm³/mol. The number of aryl methyl sites for hydroxylation is 1. The van der Waals surface area contributed by atoms with E-state index in [0.717, 1.165) is 5.69 Å². The van der Waals surface area contributed by atoms with Crippen LogP contribution < -0.4 is 11.1 Å². The zero-order chi connectivity index (χ0) is 23.0. The number of nitrogens with zero attached hydrogens (tertiary/aromatic N) is 1. The minimum atomic E-state index is -1.39. The molecule has 0 spiro atoms. The first-order valence-electron chi connectivity index (χ1n) is 10.1. The number of ether oxygens (including phenoxy) is 1. The molecule has 1 aromatic carbocycles. The van der Waals surface area contributed by atoms with Gasteiger partial charge in [-0.1, -0.05) is 30.3 Å². The Morgan fingerprint density at radius 2 is 1.90 bits per heavy atom. The number of amides is 1. The van der Waals surface area contributed by atoms with E-state index >= 15 is 0 Å². The Kier molecular flexibility index (Phi) is 8.32. The number of imidazole rings is 1. The van der Waals surface area contributed by atoms with E-state index in [1.54, 1.807) is 63.6 Å². The molecular weight excluding hydrogens is 400 g/mol. The Balaban J connectivity index is 2.15. The van der Waals surface area contributed by atoms with E-state index in [1.165, 1.54) is 0 Å². The maximum Gasteiger partial charge on any atom is 0.326 e. The molecule has 1 amide bonds. The van der Waals surface area contributed by atoms with Crippen molar-refractivity contribution in [2.75, 3.05) is 0 Å². The first-order valence-corrected chi connectivity index (χ1v) is 10.1. The van der Waals surface area contributed by atoms with Crippen LogP contribution in [0.2, 0.25) is 0 Å². The highest BCUT2D eigenvalue weighted by atomic mass is 16.6. The van der Waals surface area contributed by atoms with Gasteiger partial charge in [0.05, 0.1) is 12.4 Å². The van der Waals surface area contributed by atoms with E-state index in [1.807, 2.05) is 0 Å². The molecule has 0 fully saturated rings.